The highest BCUT2D eigenvalue weighted by Crippen LogP contribution is 2.28. The number of fused-ring (bicyclic) bond motifs is 1. The number of rotatable bonds is 4. The Morgan fingerprint density at radius 1 is 1.33 bits per heavy atom. The molecule has 1 atom stereocenters. The normalized spacial score (nSPS) is 17.5. The molecule has 0 amide bonds. The molecule has 1 unspecified atom stereocenters. The van der Waals surface area contributed by atoms with Gasteiger partial charge in [-0.15, -0.1) is 0 Å². The number of nitrogens with one attached hydrogen (secondary N) is 1. The largest absolute Gasteiger partial charge is 0.507 e. The number of phenolic OH excluding ortho intramolecular Hbond substituents is 1. The van der Waals surface area contributed by atoms with Crippen molar-refractivity contribution in [1.82, 2.24) is 19.5 Å². The SMILES string of the molecule is Oc1cc(CNc2ncnc3c2ncn3C2CCCO2)ccc1Br. The highest BCUT2D eigenvalue weighted by molar-refractivity contribution is 9.10. The quantitative estimate of drug-likeness (QED) is 0.712. The monoisotopic (exact) mass is 389 g/mol. The molecule has 1 aliphatic heterocycles. The first kappa shape index (κ1) is 15.3. The lowest BCUT2D eigenvalue weighted by molar-refractivity contribution is 0.0593. The molecule has 2 aromatic heterocycles. The van der Waals surface area contributed by atoms with Crippen LogP contribution in [0.5, 0.6) is 5.75 Å². The van der Waals surface area contributed by atoms with Gasteiger partial charge >= 0.3 is 0 Å². The fraction of sp³-hybridized carbons (Fsp3) is 0.312. The van der Waals surface area contributed by atoms with Crippen molar-refractivity contribution in [1.29, 1.82) is 0 Å². The van der Waals surface area contributed by atoms with Gasteiger partial charge in [-0.25, -0.2) is 15.0 Å². The van der Waals surface area contributed by atoms with E-state index in [0.29, 0.717) is 22.4 Å². The van der Waals surface area contributed by atoms with Gasteiger partial charge in [0.1, 0.15) is 18.3 Å². The lowest BCUT2D eigenvalue weighted by Crippen LogP contribution is -2.07. The zero-order chi connectivity index (χ0) is 16.5. The standard InChI is InChI=1S/C16H16BrN5O2/c17-11-4-3-10(6-12(11)23)7-18-15-14-16(20-8-19-15)22(9-21-14)13-2-1-5-24-13/h3-4,6,8-9,13,23H,1-2,5,7H2,(H,18,19,20). The number of nitrogens with zero attached hydrogens (tertiary/aromatic N) is 4. The summed E-state index contributed by atoms with van der Waals surface area (Å²) in [5.41, 5.74) is 2.42. The van der Waals surface area contributed by atoms with Crippen LogP contribution in [-0.4, -0.2) is 31.2 Å². The number of benzene rings is 1. The van der Waals surface area contributed by atoms with Crippen LogP contribution in [0, 0.1) is 0 Å². The van der Waals surface area contributed by atoms with E-state index < -0.39 is 0 Å². The first-order valence-corrected chi connectivity index (χ1v) is 8.52. The average Bonchev–Trinajstić information content (AvgIpc) is 3.24. The molecule has 7 nitrogen and oxygen atoms in total. The van der Waals surface area contributed by atoms with Crippen LogP contribution in [0.15, 0.2) is 35.3 Å². The lowest BCUT2D eigenvalue weighted by atomic mass is 10.2. The zero-order valence-corrected chi connectivity index (χ0v) is 14.4. The lowest BCUT2D eigenvalue weighted by Gasteiger charge is -2.11. The molecule has 2 N–H and O–H groups in total. The predicted molar refractivity (Wildman–Crippen MR) is 92.7 cm³/mol. The molecule has 8 heteroatoms. The summed E-state index contributed by atoms with van der Waals surface area (Å²) < 4.78 is 8.34. The number of hydrogen-bond acceptors (Lipinski definition) is 6. The molecule has 1 fully saturated rings. The van der Waals surface area contributed by atoms with Crippen LogP contribution < -0.4 is 5.32 Å². The third kappa shape index (κ3) is 2.83. The summed E-state index contributed by atoms with van der Waals surface area (Å²) >= 11 is 3.28. The Morgan fingerprint density at radius 3 is 3.04 bits per heavy atom. The molecular formula is C16H16BrN5O2. The van der Waals surface area contributed by atoms with E-state index in [9.17, 15) is 5.11 Å². The molecule has 0 aliphatic carbocycles. The average molecular weight is 390 g/mol. The maximum absolute atomic E-state index is 9.76. The maximum Gasteiger partial charge on any atom is 0.167 e. The van der Waals surface area contributed by atoms with Gasteiger partial charge in [0.2, 0.25) is 0 Å². The van der Waals surface area contributed by atoms with Crippen LogP contribution in [0.4, 0.5) is 5.82 Å². The van der Waals surface area contributed by atoms with Gasteiger partial charge in [-0.1, -0.05) is 6.07 Å². The first-order valence-electron chi connectivity index (χ1n) is 7.73. The third-order valence-electron chi connectivity index (χ3n) is 4.05. The van der Waals surface area contributed by atoms with E-state index >= 15 is 0 Å². The molecule has 3 heterocycles. The first-order chi connectivity index (χ1) is 11.7. The van der Waals surface area contributed by atoms with Gasteiger partial charge in [0, 0.05) is 13.2 Å². The van der Waals surface area contributed by atoms with Crippen molar-refractivity contribution in [2.75, 3.05) is 11.9 Å². The third-order valence-corrected chi connectivity index (χ3v) is 4.72. The second kappa shape index (κ2) is 6.37. The number of halogens is 1. The van der Waals surface area contributed by atoms with Crippen LogP contribution in [0.25, 0.3) is 11.2 Å². The molecule has 0 spiro atoms. The van der Waals surface area contributed by atoms with E-state index in [0.717, 1.165) is 30.7 Å². The highest BCUT2D eigenvalue weighted by atomic mass is 79.9. The molecule has 124 valence electrons. The van der Waals surface area contributed by atoms with Gasteiger partial charge in [0.25, 0.3) is 0 Å². The molecule has 0 saturated carbocycles. The number of ether oxygens (including phenoxy) is 1. The fourth-order valence-electron chi connectivity index (χ4n) is 2.83. The minimum absolute atomic E-state index is 0.00108. The Morgan fingerprint density at radius 2 is 2.25 bits per heavy atom. The summed E-state index contributed by atoms with van der Waals surface area (Å²) in [6.45, 7) is 1.30. The van der Waals surface area contributed by atoms with Crippen LogP contribution in [0.2, 0.25) is 0 Å². The molecule has 0 radical (unpaired) electrons. The molecule has 3 aromatic rings. The van der Waals surface area contributed by atoms with Crippen LogP contribution in [-0.2, 0) is 11.3 Å². The number of imidazole rings is 1. The van der Waals surface area contributed by atoms with Crippen molar-refractivity contribution in [3.8, 4) is 5.75 Å². The number of phenols is 1. The summed E-state index contributed by atoms with van der Waals surface area (Å²) in [6, 6.07) is 5.45. The summed E-state index contributed by atoms with van der Waals surface area (Å²) in [4.78, 5) is 13.1. The molecule has 0 bridgehead atoms. The summed E-state index contributed by atoms with van der Waals surface area (Å²) in [5.74, 6) is 0.879. The van der Waals surface area contributed by atoms with Crippen molar-refractivity contribution in [3.05, 3.63) is 40.9 Å². The van der Waals surface area contributed by atoms with Crippen molar-refractivity contribution < 1.29 is 9.84 Å². The Balaban J connectivity index is 1.59. The van der Waals surface area contributed by atoms with Gasteiger partial charge in [0.05, 0.1) is 10.8 Å². The zero-order valence-electron chi connectivity index (χ0n) is 12.8. The smallest absolute Gasteiger partial charge is 0.167 e. The molecule has 1 aromatic carbocycles. The van der Waals surface area contributed by atoms with Gasteiger partial charge in [0.15, 0.2) is 17.0 Å². The summed E-state index contributed by atoms with van der Waals surface area (Å²) in [6.07, 6.45) is 5.30. The number of aromatic nitrogens is 4. The topological polar surface area (TPSA) is 85.1 Å². The molecule has 24 heavy (non-hydrogen) atoms. The summed E-state index contributed by atoms with van der Waals surface area (Å²) in [7, 11) is 0. The minimum Gasteiger partial charge on any atom is -0.507 e. The molecular weight excluding hydrogens is 374 g/mol. The van der Waals surface area contributed by atoms with Crippen LogP contribution >= 0.6 is 15.9 Å². The molecule has 1 saturated heterocycles. The van der Waals surface area contributed by atoms with Gasteiger partial charge in [-0.2, -0.15) is 0 Å². The van der Waals surface area contributed by atoms with E-state index in [4.69, 9.17) is 4.74 Å². The predicted octanol–water partition coefficient (Wildman–Crippen LogP) is 3.22. The Labute approximate surface area is 146 Å². The Hall–Kier alpha value is -2.19. The van der Waals surface area contributed by atoms with E-state index in [2.05, 4.69) is 36.2 Å². The number of anilines is 1. The Bertz CT molecular complexity index is 876. The maximum atomic E-state index is 9.76. The van der Waals surface area contributed by atoms with E-state index in [1.165, 1.54) is 6.33 Å². The Kier molecular flexibility index (Phi) is 4.07. The number of hydrogen-bond donors (Lipinski definition) is 2. The van der Waals surface area contributed by atoms with Crippen molar-refractivity contribution in [2.45, 2.75) is 25.6 Å². The second-order valence-corrected chi connectivity index (χ2v) is 6.51. The van der Waals surface area contributed by atoms with Crippen molar-refractivity contribution in [3.63, 3.8) is 0 Å². The summed E-state index contributed by atoms with van der Waals surface area (Å²) in [5, 5.41) is 13.0. The minimum atomic E-state index is 0.00108. The highest BCUT2D eigenvalue weighted by Gasteiger charge is 2.21. The second-order valence-electron chi connectivity index (χ2n) is 5.65. The van der Waals surface area contributed by atoms with E-state index in [1.54, 1.807) is 12.4 Å². The molecule has 1 aliphatic rings. The van der Waals surface area contributed by atoms with Gasteiger partial charge in [-0.05, 0) is 46.5 Å². The van der Waals surface area contributed by atoms with E-state index in [1.807, 2.05) is 16.7 Å². The van der Waals surface area contributed by atoms with Gasteiger partial charge < -0.3 is 15.2 Å². The van der Waals surface area contributed by atoms with E-state index in [-0.39, 0.29) is 12.0 Å². The van der Waals surface area contributed by atoms with Crippen LogP contribution in [0.3, 0.4) is 0 Å². The fourth-order valence-corrected chi connectivity index (χ4v) is 3.07. The van der Waals surface area contributed by atoms with Gasteiger partial charge in [-0.3, -0.25) is 4.57 Å². The number of aromatic hydroxyl groups is 1. The van der Waals surface area contributed by atoms with Crippen molar-refractivity contribution >= 4 is 32.9 Å². The molecule has 4 rings (SSSR count). The van der Waals surface area contributed by atoms with Crippen LogP contribution in [0.1, 0.15) is 24.6 Å². The van der Waals surface area contributed by atoms with Crippen molar-refractivity contribution in [2.24, 2.45) is 0 Å².